The van der Waals surface area contributed by atoms with Crippen molar-refractivity contribution in [2.24, 2.45) is 0 Å². The van der Waals surface area contributed by atoms with Crippen LogP contribution in [-0.2, 0) is 4.74 Å². The van der Waals surface area contributed by atoms with Crippen LogP contribution in [-0.4, -0.2) is 55.2 Å². The maximum atomic E-state index is 12.5. The first-order chi connectivity index (χ1) is 14.1. The van der Waals surface area contributed by atoms with E-state index in [1.165, 1.54) is 11.3 Å². The van der Waals surface area contributed by atoms with Crippen molar-refractivity contribution in [1.29, 1.82) is 0 Å². The van der Waals surface area contributed by atoms with Gasteiger partial charge in [-0.15, -0.1) is 0 Å². The Morgan fingerprint density at radius 2 is 1.86 bits per heavy atom. The summed E-state index contributed by atoms with van der Waals surface area (Å²) in [6, 6.07) is 12.1. The lowest BCUT2D eigenvalue weighted by atomic mass is 10.2. The number of benzene rings is 2. The van der Waals surface area contributed by atoms with Crippen LogP contribution in [0.2, 0.25) is 0 Å². The molecule has 0 saturated carbocycles. The van der Waals surface area contributed by atoms with Crippen LogP contribution in [0.1, 0.15) is 10.4 Å². The summed E-state index contributed by atoms with van der Waals surface area (Å²) < 4.78 is 11.4. The van der Waals surface area contributed by atoms with E-state index in [2.05, 4.69) is 15.6 Å². The number of aromatic nitrogens is 1. The number of carbonyl (C=O) groups is 2. The number of thiazole rings is 1. The van der Waals surface area contributed by atoms with Gasteiger partial charge in [0.25, 0.3) is 5.91 Å². The normalized spacial score (nSPS) is 13.9. The van der Waals surface area contributed by atoms with Gasteiger partial charge in [0, 0.05) is 24.3 Å². The Morgan fingerprint density at radius 1 is 1.10 bits per heavy atom. The molecule has 29 heavy (non-hydrogen) atoms. The number of rotatable bonds is 4. The van der Waals surface area contributed by atoms with Gasteiger partial charge in [-0.05, 0) is 42.5 Å². The van der Waals surface area contributed by atoms with Crippen LogP contribution in [0.4, 0.5) is 15.6 Å². The van der Waals surface area contributed by atoms with Crippen molar-refractivity contribution in [2.45, 2.75) is 0 Å². The van der Waals surface area contributed by atoms with E-state index in [1.807, 2.05) is 18.2 Å². The minimum Gasteiger partial charge on any atom is -0.497 e. The number of amides is 3. The molecule has 0 unspecified atom stereocenters. The topological polar surface area (TPSA) is 92.8 Å². The minimum atomic E-state index is -0.262. The molecule has 8 nitrogen and oxygen atoms in total. The molecule has 150 valence electrons. The van der Waals surface area contributed by atoms with Crippen LogP contribution >= 0.6 is 11.3 Å². The van der Waals surface area contributed by atoms with E-state index < -0.39 is 0 Å². The summed E-state index contributed by atoms with van der Waals surface area (Å²) >= 11 is 1.38. The van der Waals surface area contributed by atoms with Crippen LogP contribution in [0.5, 0.6) is 5.75 Å². The van der Waals surface area contributed by atoms with Gasteiger partial charge >= 0.3 is 6.03 Å². The highest BCUT2D eigenvalue weighted by molar-refractivity contribution is 7.22. The average Bonchev–Trinajstić information content (AvgIpc) is 3.16. The molecule has 0 spiro atoms. The fourth-order valence-electron chi connectivity index (χ4n) is 2.93. The molecule has 4 rings (SSSR count). The zero-order valence-electron chi connectivity index (χ0n) is 15.8. The van der Waals surface area contributed by atoms with Gasteiger partial charge in [0.1, 0.15) is 5.75 Å². The fraction of sp³-hybridized carbons (Fsp3) is 0.250. The molecule has 2 aromatic carbocycles. The Balaban J connectivity index is 1.39. The van der Waals surface area contributed by atoms with Crippen molar-refractivity contribution in [1.82, 2.24) is 9.88 Å². The summed E-state index contributed by atoms with van der Waals surface area (Å²) in [6.07, 6.45) is 0. The van der Waals surface area contributed by atoms with Gasteiger partial charge < -0.3 is 19.7 Å². The molecule has 2 N–H and O–H groups in total. The standard InChI is InChI=1S/C20H20N4O4S/c1-27-15-6-7-16-17(12-15)29-19(22-16)23-18(25)13-2-4-14(5-3-13)21-20(26)24-8-10-28-11-9-24/h2-7,12H,8-11H2,1H3,(H,21,26)(H,22,23,25). The Labute approximate surface area is 171 Å². The molecule has 1 fully saturated rings. The second-order valence-corrected chi connectivity index (χ2v) is 7.44. The average molecular weight is 412 g/mol. The Hall–Kier alpha value is -3.17. The number of fused-ring (bicyclic) bond motifs is 1. The molecule has 0 atom stereocenters. The van der Waals surface area contributed by atoms with Crippen LogP contribution in [0.3, 0.4) is 0 Å². The number of carbonyl (C=O) groups excluding carboxylic acids is 2. The number of hydrogen-bond donors (Lipinski definition) is 2. The van der Waals surface area contributed by atoms with E-state index in [4.69, 9.17) is 9.47 Å². The molecule has 1 aliphatic heterocycles. The molecule has 0 radical (unpaired) electrons. The molecule has 1 saturated heterocycles. The number of urea groups is 1. The molecule has 3 aromatic rings. The van der Waals surface area contributed by atoms with Gasteiger partial charge in [-0.1, -0.05) is 11.3 Å². The number of methoxy groups -OCH3 is 1. The van der Waals surface area contributed by atoms with E-state index in [-0.39, 0.29) is 11.9 Å². The molecule has 9 heteroatoms. The molecule has 0 bridgehead atoms. The van der Waals surface area contributed by atoms with E-state index in [1.54, 1.807) is 36.3 Å². The van der Waals surface area contributed by atoms with Crippen molar-refractivity contribution in [3.63, 3.8) is 0 Å². The minimum absolute atomic E-state index is 0.171. The smallest absolute Gasteiger partial charge is 0.321 e. The van der Waals surface area contributed by atoms with Crippen LogP contribution in [0.25, 0.3) is 10.2 Å². The number of ether oxygens (including phenoxy) is 2. The van der Waals surface area contributed by atoms with E-state index in [0.29, 0.717) is 42.7 Å². The van der Waals surface area contributed by atoms with Gasteiger partial charge in [0.15, 0.2) is 5.13 Å². The molecule has 1 aromatic heterocycles. The Kier molecular flexibility index (Phi) is 5.59. The SMILES string of the molecule is COc1ccc2nc(NC(=O)c3ccc(NC(=O)N4CCOCC4)cc3)sc2c1. The summed E-state index contributed by atoms with van der Waals surface area (Å²) in [5.41, 5.74) is 1.91. The van der Waals surface area contributed by atoms with E-state index in [0.717, 1.165) is 16.0 Å². The Bertz CT molecular complexity index is 1030. The zero-order valence-corrected chi connectivity index (χ0v) is 16.6. The van der Waals surface area contributed by atoms with Crippen molar-refractivity contribution < 1.29 is 19.1 Å². The highest BCUT2D eigenvalue weighted by Gasteiger charge is 2.17. The maximum Gasteiger partial charge on any atom is 0.321 e. The van der Waals surface area contributed by atoms with Crippen molar-refractivity contribution >= 4 is 44.3 Å². The molecule has 2 heterocycles. The summed E-state index contributed by atoms with van der Waals surface area (Å²) in [7, 11) is 1.61. The van der Waals surface area contributed by atoms with Crippen LogP contribution in [0, 0.1) is 0 Å². The summed E-state index contributed by atoms with van der Waals surface area (Å²) in [5.74, 6) is 0.482. The molecular weight excluding hydrogens is 392 g/mol. The number of anilines is 2. The summed E-state index contributed by atoms with van der Waals surface area (Å²) in [5, 5.41) is 6.17. The van der Waals surface area contributed by atoms with Gasteiger partial charge in [-0.3, -0.25) is 10.1 Å². The third kappa shape index (κ3) is 4.47. The van der Waals surface area contributed by atoms with Crippen LogP contribution < -0.4 is 15.4 Å². The largest absolute Gasteiger partial charge is 0.497 e. The molecule has 0 aliphatic carbocycles. The first-order valence-electron chi connectivity index (χ1n) is 9.12. The number of hydrogen-bond acceptors (Lipinski definition) is 6. The predicted octanol–water partition coefficient (Wildman–Crippen LogP) is 3.42. The van der Waals surface area contributed by atoms with Gasteiger partial charge in [0.05, 0.1) is 30.5 Å². The summed E-state index contributed by atoms with van der Waals surface area (Å²) in [4.78, 5) is 30.9. The summed E-state index contributed by atoms with van der Waals surface area (Å²) in [6.45, 7) is 2.23. The van der Waals surface area contributed by atoms with Gasteiger partial charge in [-0.25, -0.2) is 9.78 Å². The van der Waals surface area contributed by atoms with Gasteiger partial charge in [-0.2, -0.15) is 0 Å². The number of nitrogens with zero attached hydrogens (tertiary/aromatic N) is 2. The van der Waals surface area contributed by atoms with Gasteiger partial charge in [0.2, 0.25) is 0 Å². The zero-order chi connectivity index (χ0) is 20.2. The molecule has 3 amide bonds. The fourth-order valence-corrected chi connectivity index (χ4v) is 3.82. The van der Waals surface area contributed by atoms with Crippen molar-refractivity contribution in [3.05, 3.63) is 48.0 Å². The predicted molar refractivity (Wildman–Crippen MR) is 112 cm³/mol. The third-order valence-corrected chi connectivity index (χ3v) is 5.45. The lowest BCUT2D eigenvalue weighted by molar-refractivity contribution is 0.0564. The third-order valence-electron chi connectivity index (χ3n) is 4.51. The lowest BCUT2D eigenvalue weighted by Gasteiger charge is -2.26. The highest BCUT2D eigenvalue weighted by atomic mass is 32.1. The number of morpholine rings is 1. The molecular formula is C20H20N4O4S. The first kappa shape index (κ1) is 19.2. The van der Waals surface area contributed by atoms with Crippen molar-refractivity contribution in [3.8, 4) is 5.75 Å². The second-order valence-electron chi connectivity index (χ2n) is 6.41. The molecule has 1 aliphatic rings. The number of nitrogens with one attached hydrogen (secondary N) is 2. The monoisotopic (exact) mass is 412 g/mol. The van der Waals surface area contributed by atoms with Crippen LogP contribution in [0.15, 0.2) is 42.5 Å². The first-order valence-corrected chi connectivity index (χ1v) is 9.94. The maximum absolute atomic E-state index is 12.5. The lowest BCUT2D eigenvalue weighted by Crippen LogP contribution is -2.43. The quantitative estimate of drug-likeness (QED) is 0.685. The van der Waals surface area contributed by atoms with Crippen molar-refractivity contribution in [2.75, 3.05) is 44.0 Å². The Morgan fingerprint density at radius 3 is 2.59 bits per heavy atom. The highest BCUT2D eigenvalue weighted by Crippen LogP contribution is 2.29. The van der Waals surface area contributed by atoms with E-state index >= 15 is 0 Å². The van der Waals surface area contributed by atoms with E-state index in [9.17, 15) is 9.59 Å². The second kappa shape index (κ2) is 8.46.